The molecule has 2 aromatic rings. The van der Waals surface area contributed by atoms with Gasteiger partial charge in [-0.05, 0) is 76.9 Å². The van der Waals surface area contributed by atoms with E-state index in [0.717, 1.165) is 20.1 Å². The molecule has 0 aromatic heterocycles. The molecule has 2 aromatic carbocycles. The number of hydrazine groups is 1. The van der Waals surface area contributed by atoms with Gasteiger partial charge in [0.05, 0.1) is 19.7 Å². The summed E-state index contributed by atoms with van der Waals surface area (Å²) in [4.78, 5) is 36.3. The SMILES string of the molecule is CC(C)(C)OC(=O)CN(Cc1ccc(Br)cc1)C[C@@](C)(O)C(=O)O.CCOC(=O)[C@](C)(O)CN(N)Cc1ccc(Br)cc1. The first kappa shape index (κ1) is 38.6. The standard InChI is InChI=1S/C17H24BrNO5.C13H19BrN2O3/c1-16(2,3)24-14(20)10-19(11-17(4,23)15(21)22)9-12-5-7-13(18)8-6-12;1-3-19-12(17)13(2,18)9-16(15)8-10-4-6-11(14)7-5-10/h5-8,23H,9-11H2,1-4H3,(H,21,22);4-7,18H,3,8-9,15H2,1-2H3/t17-;13-/m11/s1. The van der Waals surface area contributed by atoms with Crippen LogP contribution in [0.4, 0.5) is 0 Å². The largest absolute Gasteiger partial charge is 0.479 e. The minimum Gasteiger partial charge on any atom is -0.479 e. The highest BCUT2D eigenvalue weighted by molar-refractivity contribution is 9.10. The van der Waals surface area contributed by atoms with Gasteiger partial charge in [-0.15, -0.1) is 0 Å². The molecule has 11 nitrogen and oxygen atoms in total. The number of carbonyl (C=O) groups excluding carboxylic acids is 2. The molecule has 13 heteroatoms. The number of ether oxygens (including phenoxy) is 2. The van der Waals surface area contributed by atoms with Crippen LogP contribution >= 0.6 is 31.9 Å². The van der Waals surface area contributed by atoms with E-state index in [-0.39, 0.29) is 26.2 Å². The molecule has 0 saturated carbocycles. The van der Waals surface area contributed by atoms with Crippen molar-refractivity contribution in [2.45, 2.75) is 71.4 Å². The minimum absolute atomic E-state index is 0.00188. The lowest BCUT2D eigenvalue weighted by Gasteiger charge is -2.29. The van der Waals surface area contributed by atoms with Crippen molar-refractivity contribution in [3.8, 4) is 0 Å². The van der Waals surface area contributed by atoms with Crippen molar-refractivity contribution in [3.05, 3.63) is 68.6 Å². The number of aliphatic hydroxyl groups is 2. The summed E-state index contributed by atoms with van der Waals surface area (Å²) in [5.41, 5.74) is -2.32. The van der Waals surface area contributed by atoms with Gasteiger partial charge in [-0.2, -0.15) is 0 Å². The highest BCUT2D eigenvalue weighted by Crippen LogP contribution is 2.16. The number of hydrogen-bond donors (Lipinski definition) is 4. The van der Waals surface area contributed by atoms with E-state index in [0.29, 0.717) is 13.1 Å². The maximum Gasteiger partial charge on any atom is 0.339 e. The number of halogens is 2. The first-order valence-electron chi connectivity index (χ1n) is 13.5. The summed E-state index contributed by atoms with van der Waals surface area (Å²) < 4.78 is 12.0. The number of carboxylic acid groups (broad SMARTS) is 1. The molecule has 0 aliphatic rings. The highest BCUT2D eigenvalue weighted by atomic mass is 79.9. The Morgan fingerprint density at radius 1 is 0.814 bits per heavy atom. The molecule has 2 atom stereocenters. The van der Waals surface area contributed by atoms with Crippen LogP contribution in [0.5, 0.6) is 0 Å². The normalized spacial score (nSPS) is 14.3. The highest BCUT2D eigenvalue weighted by Gasteiger charge is 2.34. The summed E-state index contributed by atoms with van der Waals surface area (Å²) in [7, 11) is 0. The smallest absolute Gasteiger partial charge is 0.339 e. The molecule has 0 heterocycles. The Kier molecular flexibility index (Phi) is 15.4. The molecule has 5 N–H and O–H groups in total. The molecule has 0 unspecified atom stereocenters. The Morgan fingerprint density at radius 3 is 1.70 bits per heavy atom. The van der Waals surface area contributed by atoms with E-state index < -0.39 is 34.7 Å². The second kappa shape index (κ2) is 17.2. The zero-order valence-electron chi connectivity index (χ0n) is 25.5. The van der Waals surface area contributed by atoms with Gasteiger partial charge >= 0.3 is 17.9 Å². The molecule has 0 amide bonds. The maximum atomic E-state index is 12.1. The lowest BCUT2D eigenvalue weighted by Crippen LogP contribution is -2.49. The lowest BCUT2D eigenvalue weighted by molar-refractivity contribution is -0.165. The summed E-state index contributed by atoms with van der Waals surface area (Å²) in [6.45, 7) is 10.2. The Hall–Kier alpha value is -2.39. The third kappa shape index (κ3) is 15.8. The second-order valence-electron chi connectivity index (χ2n) is 11.5. The fraction of sp³-hybridized carbons (Fsp3) is 0.500. The number of nitrogens with two attached hydrogens (primary N) is 1. The fourth-order valence-corrected chi connectivity index (χ4v) is 4.23. The quantitative estimate of drug-likeness (QED) is 0.134. The number of nitrogens with zero attached hydrogens (tertiary/aromatic N) is 2. The van der Waals surface area contributed by atoms with Gasteiger partial charge < -0.3 is 24.8 Å². The summed E-state index contributed by atoms with van der Waals surface area (Å²) in [5, 5.41) is 30.5. The van der Waals surface area contributed by atoms with Crippen LogP contribution in [-0.4, -0.2) is 86.2 Å². The van der Waals surface area contributed by atoms with Crippen LogP contribution in [0.1, 0.15) is 52.7 Å². The lowest BCUT2D eigenvalue weighted by atomic mass is 10.1. The van der Waals surface area contributed by atoms with E-state index in [9.17, 15) is 24.6 Å². The topological polar surface area (TPSA) is 163 Å². The van der Waals surface area contributed by atoms with Crippen molar-refractivity contribution < 1.29 is 39.2 Å². The van der Waals surface area contributed by atoms with Crippen LogP contribution in [0.15, 0.2) is 57.5 Å². The predicted octanol–water partition coefficient (Wildman–Crippen LogP) is 3.87. The predicted molar refractivity (Wildman–Crippen MR) is 170 cm³/mol. The van der Waals surface area contributed by atoms with Crippen LogP contribution in [0.25, 0.3) is 0 Å². The van der Waals surface area contributed by atoms with E-state index in [1.54, 1.807) is 32.6 Å². The van der Waals surface area contributed by atoms with Gasteiger partial charge in [-0.3, -0.25) is 15.5 Å². The van der Waals surface area contributed by atoms with Gasteiger partial charge in [-0.25, -0.2) is 14.6 Å². The molecule has 2 rings (SSSR count). The van der Waals surface area contributed by atoms with Crippen LogP contribution < -0.4 is 5.84 Å². The molecule has 0 fully saturated rings. The maximum absolute atomic E-state index is 12.1. The number of carbonyl (C=O) groups is 3. The third-order valence-electron chi connectivity index (χ3n) is 5.61. The number of carboxylic acids is 1. The average Bonchev–Trinajstić information content (AvgIpc) is 2.85. The van der Waals surface area contributed by atoms with Crippen LogP contribution in [0.2, 0.25) is 0 Å². The summed E-state index contributed by atoms with van der Waals surface area (Å²) in [6.07, 6.45) is 0. The van der Waals surface area contributed by atoms with Crippen LogP contribution in [0.3, 0.4) is 0 Å². The molecular formula is C30H43Br2N3O8. The molecule has 0 radical (unpaired) electrons. The van der Waals surface area contributed by atoms with E-state index in [4.69, 9.17) is 20.4 Å². The minimum atomic E-state index is -1.96. The van der Waals surface area contributed by atoms with Crippen molar-refractivity contribution in [2.75, 3.05) is 26.2 Å². The molecule has 0 saturated heterocycles. The third-order valence-corrected chi connectivity index (χ3v) is 6.67. The van der Waals surface area contributed by atoms with Gasteiger partial charge in [0, 0.05) is 28.6 Å². The van der Waals surface area contributed by atoms with Gasteiger partial charge in [0.25, 0.3) is 0 Å². The summed E-state index contributed by atoms with van der Waals surface area (Å²) >= 11 is 6.70. The molecular weight excluding hydrogens is 690 g/mol. The number of rotatable bonds is 13. The summed E-state index contributed by atoms with van der Waals surface area (Å²) in [6, 6.07) is 15.1. The summed E-state index contributed by atoms with van der Waals surface area (Å²) in [5.74, 6) is 3.34. The first-order valence-corrected chi connectivity index (χ1v) is 15.1. The second-order valence-corrected chi connectivity index (χ2v) is 13.3. The van der Waals surface area contributed by atoms with Crippen LogP contribution in [-0.2, 0) is 36.9 Å². The van der Waals surface area contributed by atoms with Crippen molar-refractivity contribution >= 4 is 49.8 Å². The zero-order valence-corrected chi connectivity index (χ0v) is 28.6. The van der Waals surface area contributed by atoms with Gasteiger partial charge in [0.15, 0.2) is 11.2 Å². The Bertz CT molecular complexity index is 1180. The molecule has 0 aliphatic carbocycles. The fourth-order valence-electron chi connectivity index (χ4n) is 3.70. The van der Waals surface area contributed by atoms with Crippen molar-refractivity contribution in [1.82, 2.24) is 9.91 Å². The molecule has 0 spiro atoms. The first-order chi connectivity index (χ1) is 19.7. The van der Waals surface area contributed by atoms with Crippen LogP contribution in [0, 0.1) is 0 Å². The van der Waals surface area contributed by atoms with Crippen molar-refractivity contribution in [1.29, 1.82) is 0 Å². The number of aliphatic carboxylic acids is 1. The van der Waals surface area contributed by atoms with Gasteiger partial charge in [0.1, 0.15) is 5.60 Å². The van der Waals surface area contributed by atoms with Gasteiger partial charge in [0.2, 0.25) is 0 Å². The van der Waals surface area contributed by atoms with Gasteiger partial charge in [-0.1, -0.05) is 56.1 Å². The number of benzene rings is 2. The molecule has 0 bridgehead atoms. The Morgan fingerprint density at radius 2 is 1.28 bits per heavy atom. The van der Waals surface area contributed by atoms with E-state index in [1.807, 2.05) is 48.5 Å². The molecule has 240 valence electrons. The Labute approximate surface area is 270 Å². The van der Waals surface area contributed by atoms with Crippen molar-refractivity contribution in [2.24, 2.45) is 5.84 Å². The Balaban J connectivity index is 0.000000442. The van der Waals surface area contributed by atoms with E-state index in [2.05, 4.69) is 31.9 Å². The average molecular weight is 733 g/mol. The molecule has 43 heavy (non-hydrogen) atoms. The number of esters is 2. The molecule has 0 aliphatic heterocycles. The van der Waals surface area contributed by atoms with E-state index in [1.165, 1.54) is 18.9 Å². The number of hydrogen-bond acceptors (Lipinski definition) is 10. The van der Waals surface area contributed by atoms with E-state index >= 15 is 0 Å². The zero-order chi connectivity index (χ0) is 33.0. The van der Waals surface area contributed by atoms with Crippen molar-refractivity contribution in [3.63, 3.8) is 0 Å². The monoisotopic (exact) mass is 731 g/mol.